The summed E-state index contributed by atoms with van der Waals surface area (Å²) in [7, 11) is 0. The zero-order valence-electron chi connectivity index (χ0n) is 9.82. The largest absolute Gasteiger partial charge is 0.394 e. The van der Waals surface area contributed by atoms with Crippen molar-refractivity contribution in [1.82, 2.24) is 9.97 Å². The zero-order valence-corrected chi connectivity index (χ0v) is 11.4. The van der Waals surface area contributed by atoms with Gasteiger partial charge in [0.2, 0.25) is 5.28 Å². The van der Waals surface area contributed by atoms with Crippen LogP contribution in [-0.4, -0.2) is 27.2 Å². The smallest absolute Gasteiger partial charge is 0.225 e. The molecule has 2 N–H and O–H groups in total. The number of rotatable bonds is 3. The molecule has 0 spiro atoms. The van der Waals surface area contributed by atoms with E-state index < -0.39 is 0 Å². The molecule has 1 aliphatic carbocycles. The molecule has 96 valence electrons. The molecule has 2 aromatic rings. The molecule has 0 saturated heterocycles. The maximum atomic E-state index is 9.63. The van der Waals surface area contributed by atoms with Gasteiger partial charge in [0, 0.05) is 0 Å². The van der Waals surface area contributed by atoms with Gasteiger partial charge in [0.25, 0.3) is 0 Å². The Kier molecular flexibility index (Phi) is 3.13. The summed E-state index contributed by atoms with van der Waals surface area (Å²) in [4.78, 5) is 9.34. The van der Waals surface area contributed by atoms with Gasteiger partial charge in [-0.3, -0.25) is 0 Å². The molecule has 1 fully saturated rings. The third-order valence-corrected chi connectivity index (χ3v) is 4.52. The summed E-state index contributed by atoms with van der Waals surface area (Å²) < 4.78 is 0. The van der Waals surface area contributed by atoms with Crippen LogP contribution < -0.4 is 5.32 Å². The monoisotopic (exact) mass is 283 g/mol. The Hall–Kier alpha value is -0.910. The Labute approximate surface area is 114 Å². The van der Waals surface area contributed by atoms with Crippen molar-refractivity contribution in [2.75, 3.05) is 11.9 Å². The van der Waals surface area contributed by atoms with Crippen LogP contribution in [0.3, 0.4) is 0 Å². The van der Waals surface area contributed by atoms with Crippen molar-refractivity contribution in [3.05, 3.63) is 16.7 Å². The molecule has 0 atom stereocenters. The first-order valence-electron chi connectivity index (χ1n) is 6.02. The highest BCUT2D eigenvalue weighted by Gasteiger charge is 2.33. The summed E-state index contributed by atoms with van der Waals surface area (Å²) in [5.74, 6) is 0.738. The number of nitrogens with one attached hydrogen (secondary N) is 1. The van der Waals surface area contributed by atoms with Crippen molar-refractivity contribution in [3.8, 4) is 0 Å². The van der Waals surface area contributed by atoms with Gasteiger partial charge < -0.3 is 10.4 Å². The third-order valence-electron chi connectivity index (χ3n) is 3.54. The zero-order chi connectivity index (χ0) is 12.6. The number of nitrogens with zero attached hydrogens (tertiary/aromatic N) is 2. The number of hydrogen-bond donors (Lipinski definition) is 2. The van der Waals surface area contributed by atoms with Gasteiger partial charge in [-0.05, 0) is 35.9 Å². The molecule has 0 bridgehead atoms. The second-order valence-corrected chi connectivity index (χ2v) is 5.98. The first-order chi connectivity index (χ1) is 8.72. The molecule has 3 rings (SSSR count). The molecule has 2 aromatic heterocycles. The standard InChI is InChI=1S/C12H14ClN3OS/c13-11-14-9(8-3-6-18-10(8)15-11)16-12(7-17)4-1-2-5-12/h3,6,17H,1-2,4-5,7H2,(H,14,15,16). The summed E-state index contributed by atoms with van der Waals surface area (Å²) in [6, 6.07) is 1.98. The number of halogens is 1. The first-order valence-corrected chi connectivity index (χ1v) is 7.28. The minimum absolute atomic E-state index is 0.125. The Bertz CT molecular complexity index is 565. The fourth-order valence-electron chi connectivity index (χ4n) is 2.55. The van der Waals surface area contributed by atoms with E-state index in [-0.39, 0.29) is 17.4 Å². The second-order valence-electron chi connectivity index (χ2n) is 4.75. The summed E-state index contributed by atoms with van der Waals surface area (Å²) >= 11 is 7.48. The third kappa shape index (κ3) is 2.06. The first kappa shape index (κ1) is 12.1. The summed E-state index contributed by atoms with van der Waals surface area (Å²) in [6.45, 7) is 0.125. The average Bonchev–Trinajstić information content (AvgIpc) is 2.98. The summed E-state index contributed by atoms with van der Waals surface area (Å²) in [6.07, 6.45) is 4.21. The van der Waals surface area contributed by atoms with Crippen LogP contribution in [0.1, 0.15) is 25.7 Å². The van der Waals surface area contributed by atoms with Crippen LogP contribution in [0.25, 0.3) is 10.2 Å². The predicted molar refractivity (Wildman–Crippen MR) is 74.3 cm³/mol. The van der Waals surface area contributed by atoms with Gasteiger partial charge in [-0.1, -0.05) is 12.8 Å². The molecule has 0 unspecified atom stereocenters. The normalized spacial score (nSPS) is 18.3. The van der Waals surface area contributed by atoms with Gasteiger partial charge >= 0.3 is 0 Å². The van der Waals surface area contributed by atoms with E-state index >= 15 is 0 Å². The van der Waals surface area contributed by atoms with E-state index in [1.54, 1.807) is 11.3 Å². The van der Waals surface area contributed by atoms with Crippen LogP contribution in [-0.2, 0) is 0 Å². The fourth-order valence-corrected chi connectivity index (χ4v) is 3.53. The molecule has 0 aromatic carbocycles. The number of thiophene rings is 1. The molecular formula is C12H14ClN3OS. The molecule has 0 radical (unpaired) electrons. The van der Waals surface area contributed by atoms with Crippen LogP contribution in [0.5, 0.6) is 0 Å². The maximum Gasteiger partial charge on any atom is 0.225 e. The van der Waals surface area contributed by atoms with Gasteiger partial charge in [-0.2, -0.15) is 0 Å². The minimum Gasteiger partial charge on any atom is -0.394 e. The van der Waals surface area contributed by atoms with Gasteiger partial charge in [0.1, 0.15) is 10.6 Å². The maximum absolute atomic E-state index is 9.63. The Morgan fingerprint density at radius 1 is 1.39 bits per heavy atom. The van der Waals surface area contributed by atoms with Gasteiger partial charge in [0.05, 0.1) is 17.5 Å². The predicted octanol–water partition coefficient (Wildman–Crippen LogP) is 3.06. The molecule has 18 heavy (non-hydrogen) atoms. The van der Waals surface area contributed by atoms with Crippen LogP contribution in [0.15, 0.2) is 11.4 Å². The Morgan fingerprint density at radius 3 is 2.89 bits per heavy atom. The second kappa shape index (κ2) is 4.64. The van der Waals surface area contributed by atoms with Crippen molar-refractivity contribution in [2.45, 2.75) is 31.2 Å². The molecular weight excluding hydrogens is 270 g/mol. The lowest BCUT2D eigenvalue weighted by Gasteiger charge is -2.28. The number of aliphatic hydroxyl groups excluding tert-OH is 1. The van der Waals surface area contributed by atoms with E-state index in [1.807, 2.05) is 11.4 Å². The van der Waals surface area contributed by atoms with E-state index in [1.165, 1.54) is 0 Å². The molecule has 1 aliphatic rings. The topological polar surface area (TPSA) is 58.0 Å². The quantitative estimate of drug-likeness (QED) is 0.850. The number of anilines is 1. The highest BCUT2D eigenvalue weighted by molar-refractivity contribution is 7.16. The average molecular weight is 284 g/mol. The lowest BCUT2D eigenvalue weighted by molar-refractivity contribution is 0.214. The van der Waals surface area contributed by atoms with Crippen molar-refractivity contribution < 1.29 is 5.11 Å². The van der Waals surface area contributed by atoms with Crippen LogP contribution in [0.2, 0.25) is 5.28 Å². The molecule has 2 heterocycles. The molecule has 6 heteroatoms. The van der Waals surface area contributed by atoms with Gasteiger partial charge in [-0.25, -0.2) is 9.97 Å². The number of hydrogen-bond acceptors (Lipinski definition) is 5. The van der Waals surface area contributed by atoms with Crippen molar-refractivity contribution in [1.29, 1.82) is 0 Å². The van der Waals surface area contributed by atoms with Crippen molar-refractivity contribution >= 4 is 39.0 Å². The Balaban J connectivity index is 2.01. The fraction of sp³-hybridized carbons (Fsp3) is 0.500. The number of fused-ring (bicyclic) bond motifs is 1. The van der Waals surface area contributed by atoms with E-state index in [0.717, 1.165) is 41.7 Å². The summed E-state index contributed by atoms with van der Waals surface area (Å²) in [5, 5.41) is 16.2. The molecule has 0 aliphatic heterocycles. The number of aliphatic hydroxyl groups is 1. The Morgan fingerprint density at radius 2 is 2.17 bits per heavy atom. The van der Waals surface area contributed by atoms with E-state index in [9.17, 15) is 5.11 Å². The minimum atomic E-state index is -0.244. The number of aromatic nitrogens is 2. The van der Waals surface area contributed by atoms with E-state index in [0.29, 0.717) is 0 Å². The van der Waals surface area contributed by atoms with Gasteiger partial charge in [0.15, 0.2) is 0 Å². The lowest BCUT2D eigenvalue weighted by Crippen LogP contribution is -2.39. The summed E-state index contributed by atoms with van der Waals surface area (Å²) in [5.41, 5.74) is -0.244. The van der Waals surface area contributed by atoms with Crippen molar-refractivity contribution in [3.63, 3.8) is 0 Å². The van der Waals surface area contributed by atoms with Crippen LogP contribution in [0, 0.1) is 0 Å². The van der Waals surface area contributed by atoms with E-state index in [2.05, 4.69) is 15.3 Å². The highest BCUT2D eigenvalue weighted by Crippen LogP contribution is 2.35. The van der Waals surface area contributed by atoms with Crippen LogP contribution >= 0.6 is 22.9 Å². The van der Waals surface area contributed by atoms with E-state index in [4.69, 9.17) is 11.6 Å². The molecule has 4 nitrogen and oxygen atoms in total. The molecule has 0 amide bonds. The van der Waals surface area contributed by atoms with Crippen molar-refractivity contribution in [2.24, 2.45) is 0 Å². The molecule has 1 saturated carbocycles. The highest BCUT2D eigenvalue weighted by atomic mass is 35.5. The lowest BCUT2D eigenvalue weighted by atomic mass is 9.99. The SMILES string of the molecule is OCC1(Nc2nc(Cl)nc3sccc23)CCCC1. The van der Waals surface area contributed by atoms with Gasteiger partial charge in [-0.15, -0.1) is 11.3 Å². The van der Waals surface area contributed by atoms with Crippen LogP contribution in [0.4, 0.5) is 5.82 Å².